The molecule has 0 radical (unpaired) electrons. The lowest BCUT2D eigenvalue weighted by Crippen LogP contribution is -2.09. The Labute approximate surface area is 94.0 Å². The zero-order chi connectivity index (χ0) is 12.5. The van der Waals surface area contributed by atoms with E-state index in [0.717, 1.165) is 12.1 Å². The molecule has 0 saturated heterocycles. The summed E-state index contributed by atoms with van der Waals surface area (Å²) >= 11 is 5.38. The van der Waals surface area contributed by atoms with Crippen molar-refractivity contribution >= 4 is 17.3 Å². The first-order chi connectivity index (χ1) is 7.27. The van der Waals surface area contributed by atoms with Crippen molar-refractivity contribution in [2.45, 2.75) is 19.0 Å². The lowest BCUT2D eigenvalue weighted by atomic mass is 10.0. The number of halogens is 4. The number of alkyl halides is 4. The Kier molecular flexibility index (Phi) is 3.42. The molecule has 0 fully saturated rings. The van der Waals surface area contributed by atoms with Gasteiger partial charge in [-0.05, 0) is 18.6 Å². The van der Waals surface area contributed by atoms with Gasteiger partial charge in [0.1, 0.15) is 0 Å². The maximum atomic E-state index is 12.5. The quantitative estimate of drug-likeness (QED) is 0.459. The molecular formula is C9H7ClF3NO2. The summed E-state index contributed by atoms with van der Waals surface area (Å²) in [5.74, 6) is -0.334. The summed E-state index contributed by atoms with van der Waals surface area (Å²) in [7, 11) is 0. The smallest absolute Gasteiger partial charge is 0.258 e. The summed E-state index contributed by atoms with van der Waals surface area (Å²) in [5.41, 5.74) is -1.60. The van der Waals surface area contributed by atoms with Crippen molar-refractivity contribution < 1.29 is 18.1 Å². The van der Waals surface area contributed by atoms with Gasteiger partial charge in [-0.1, -0.05) is 0 Å². The number of nitrogens with zero attached hydrogens (tertiary/aromatic N) is 1. The molecule has 0 bridgehead atoms. The molecule has 0 heterocycles. The van der Waals surface area contributed by atoms with E-state index in [2.05, 4.69) is 0 Å². The average Bonchev–Trinajstić information content (AvgIpc) is 2.15. The Morgan fingerprint density at radius 1 is 1.44 bits per heavy atom. The van der Waals surface area contributed by atoms with E-state index in [4.69, 9.17) is 11.6 Å². The van der Waals surface area contributed by atoms with Crippen molar-refractivity contribution in [1.29, 1.82) is 0 Å². The fraction of sp³-hybridized carbons (Fsp3) is 0.333. The lowest BCUT2D eigenvalue weighted by molar-refractivity contribution is -0.385. The van der Waals surface area contributed by atoms with Gasteiger partial charge in [-0.3, -0.25) is 10.1 Å². The fourth-order valence-corrected chi connectivity index (χ4v) is 1.53. The topological polar surface area (TPSA) is 43.1 Å². The van der Waals surface area contributed by atoms with Gasteiger partial charge in [0.15, 0.2) is 0 Å². The van der Waals surface area contributed by atoms with Crippen LogP contribution < -0.4 is 0 Å². The molecule has 88 valence electrons. The SMILES string of the molecule is Cc1cc([N+](=O)[O-])c(CCl)cc1C(F)(F)F. The van der Waals surface area contributed by atoms with Gasteiger partial charge < -0.3 is 0 Å². The summed E-state index contributed by atoms with van der Waals surface area (Å²) < 4.78 is 37.5. The number of hydrogen-bond donors (Lipinski definition) is 0. The van der Waals surface area contributed by atoms with E-state index in [1.165, 1.54) is 6.92 Å². The Hall–Kier alpha value is -1.30. The average molecular weight is 254 g/mol. The Bertz CT molecular complexity index is 431. The van der Waals surface area contributed by atoms with Gasteiger partial charge in [-0.2, -0.15) is 13.2 Å². The third kappa shape index (κ3) is 2.44. The van der Waals surface area contributed by atoms with Crippen LogP contribution in [-0.2, 0) is 12.1 Å². The molecule has 0 saturated carbocycles. The van der Waals surface area contributed by atoms with E-state index in [0.29, 0.717) is 0 Å². The van der Waals surface area contributed by atoms with Crippen molar-refractivity contribution in [2.24, 2.45) is 0 Å². The second kappa shape index (κ2) is 4.29. The van der Waals surface area contributed by atoms with Crippen molar-refractivity contribution in [3.63, 3.8) is 0 Å². The molecule has 0 unspecified atom stereocenters. The molecule has 7 heteroatoms. The predicted molar refractivity (Wildman–Crippen MR) is 52.4 cm³/mol. The van der Waals surface area contributed by atoms with Crippen LogP contribution in [0.1, 0.15) is 16.7 Å². The van der Waals surface area contributed by atoms with Gasteiger partial charge in [0.2, 0.25) is 0 Å². The van der Waals surface area contributed by atoms with Gasteiger partial charge in [-0.25, -0.2) is 0 Å². The van der Waals surface area contributed by atoms with E-state index in [1.807, 2.05) is 0 Å². The van der Waals surface area contributed by atoms with Gasteiger partial charge in [0.05, 0.1) is 16.4 Å². The highest BCUT2D eigenvalue weighted by molar-refractivity contribution is 6.17. The van der Waals surface area contributed by atoms with Crippen LogP contribution in [0.15, 0.2) is 12.1 Å². The number of benzene rings is 1. The number of hydrogen-bond acceptors (Lipinski definition) is 2. The van der Waals surface area contributed by atoms with Crippen molar-refractivity contribution in [3.05, 3.63) is 38.9 Å². The molecule has 0 aliphatic carbocycles. The summed E-state index contributed by atoms with van der Waals surface area (Å²) in [6.45, 7) is 1.17. The molecule has 0 amide bonds. The summed E-state index contributed by atoms with van der Waals surface area (Å²) in [6.07, 6.45) is -4.53. The van der Waals surface area contributed by atoms with E-state index < -0.39 is 16.7 Å². The van der Waals surface area contributed by atoms with Crippen LogP contribution in [0, 0.1) is 17.0 Å². The molecule has 0 spiro atoms. The van der Waals surface area contributed by atoms with Gasteiger partial charge in [0.25, 0.3) is 5.69 Å². The molecule has 0 aliphatic heterocycles. The monoisotopic (exact) mass is 253 g/mol. The van der Waals surface area contributed by atoms with Crippen molar-refractivity contribution in [2.75, 3.05) is 0 Å². The lowest BCUT2D eigenvalue weighted by Gasteiger charge is -2.11. The van der Waals surface area contributed by atoms with E-state index >= 15 is 0 Å². The molecule has 1 aromatic carbocycles. The van der Waals surface area contributed by atoms with Crippen molar-refractivity contribution in [3.8, 4) is 0 Å². The predicted octanol–water partition coefficient (Wildman–Crippen LogP) is 3.66. The molecule has 0 aromatic heterocycles. The maximum Gasteiger partial charge on any atom is 0.416 e. The molecule has 1 aromatic rings. The zero-order valence-electron chi connectivity index (χ0n) is 8.14. The third-order valence-electron chi connectivity index (χ3n) is 2.07. The highest BCUT2D eigenvalue weighted by Gasteiger charge is 2.34. The molecule has 0 N–H and O–H groups in total. The third-order valence-corrected chi connectivity index (χ3v) is 2.36. The molecule has 0 aliphatic rings. The van der Waals surface area contributed by atoms with Crippen LogP contribution >= 0.6 is 11.6 Å². The van der Waals surface area contributed by atoms with Crippen LogP contribution in [0.2, 0.25) is 0 Å². The van der Waals surface area contributed by atoms with Gasteiger partial charge in [-0.15, -0.1) is 11.6 Å². The minimum Gasteiger partial charge on any atom is -0.258 e. The van der Waals surface area contributed by atoms with Crippen molar-refractivity contribution in [1.82, 2.24) is 0 Å². The standard InChI is InChI=1S/C9H7ClF3NO2/c1-5-2-8(14(15)16)6(4-10)3-7(5)9(11,12)13/h2-3H,4H2,1H3. The van der Waals surface area contributed by atoms with Crippen LogP contribution in [-0.4, -0.2) is 4.92 Å². The van der Waals surface area contributed by atoms with E-state index in [1.54, 1.807) is 0 Å². The minimum absolute atomic E-state index is 0.135. The first-order valence-corrected chi connectivity index (χ1v) is 4.72. The second-order valence-electron chi connectivity index (χ2n) is 3.18. The summed E-state index contributed by atoms with van der Waals surface area (Å²) in [5, 5.41) is 10.6. The molecular weight excluding hydrogens is 247 g/mol. The first kappa shape index (κ1) is 12.8. The van der Waals surface area contributed by atoms with E-state index in [-0.39, 0.29) is 22.7 Å². The normalized spacial score (nSPS) is 11.6. The van der Waals surface area contributed by atoms with Gasteiger partial charge in [0, 0.05) is 11.6 Å². The largest absolute Gasteiger partial charge is 0.416 e. The Morgan fingerprint density at radius 2 is 2.00 bits per heavy atom. The fourth-order valence-electron chi connectivity index (χ4n) is 1.32. The minimum atomic E-state index is -4.53. The zero-order valence-corrected chi connectivity index (χ0v) is 8.89. The Balaban J connectivity index is 3.43. The number of rotatable bonds is 2. The van der Waals surface area contributed by atoms with E-state index in [9.17, 15) is 23.3 Å². The molecule has 1 rings (SSSR count). The van der Waals surface area contributed by atoms with Crippen LogP contribution in [0.4, 0.5) is 18.9 Å². The number of aryl methyl sites for hydroxylation is 1. The molecule has 16 heavy (non-hydrogen) atoms. The Morgan fingerprint density at radius 3 is 2.38 bits per heavy atom. The summed E-state index contributed by atoms with van der Waals surface area (Å²) in [4.78, 5) is 9.81. The van der Waals surface area contributed by atoms with Crippen LogP contribution in [0.5, 0.6) is 0 Å². The van der Waals surface area contributed by atoms with Crippen LogP contribution in [0.25, 0.3) is 0 Å². The van der Waals surface area contributed by atoms with Gasteiger partial charge >= 0.3 is 6.18 Å². The number of nitro benzene ring substituents is 1. The highest BCUT2D eigenvalue weighted by Crippen LogP contribution is 2.35. The highest BCUT2D eigenvalue weighted by atomic mass is 35.5. The number of nitro groups is 1. The van der Waals surface area contributed by atoms with Crippen LogP contribution in [0.3, 0.4) is 0 Å². The second-order valence-corrected chi connectivity index (χ2v) is 3.45. The molecule has 3 nitrogen and oxygen atoms in total. The first-order valence-electron chi connectivity index (χ1n) is 4.18. The molecule has 0 atom stereocenters. The maximum absolute atomic E-state index is 12.5. The summed E-state index contributed by atoms with van der Waals surface area (Å²) in [6, 6.07) is 1.61.